The fourth-order valence-electron chi connectivity index (χ4n) is 1.29. The molecule has 2 heterocycles. The predicted octanol–water partition coefficient (Wildman–Crippen LogP) is 2.20. The molecule has 0 bridgehead atoms. The summed E-state index contributed by atoms with van der Waals surface area (Å²) in [5.74, 6) is 1.08. The number of hydrogen-bond acceptors (Lipinski definition) is 4. The average Bonchev–Trinajstić information content (AvgIpc) is 2.62. The van der Waals surface area contributed by atoms with E-state index >= 15 is 0 Å². The molecule has 0 saturated heterocycles. The van der Waals surface area contributed by atoms with Gasteiger partial charge in [-0.25, -0.2) is 0 Å². The van der Waals surface area contributed by atoms with Crippen LogP contribution < -0.4 is 5.73 Å². The largest absolute Gasteiger partial charge is 0.398 e. The molecule has 15 heavy (non-hydrogen) atoms. The Labute approximate surface area is 92.9 Å². The smallest absolute Gasteiger partial charge is 0.195 e. The van der Waals surface area contributed by atoms with Gasteiger partial charge in [0.25, 0.3) is 0 Å². The van der Waals surface area contributed by atoms with Crippen LogP contribution >= 0.6 is 11.8 Å². The van der Waals surface area contributed by atoms with Crippen molar-refractivity contribution in [3.63, 3.8) is 0 Å². The summed E-state index contributed by atoms with van der Waals surface area (Å²) in [6.45, 7) is 2.18. The van der Waals surface area contributed by atoms with E-state index in [9.17, 15) is 0 Å². The van der Waals surface area contributed by atoms with Crippen LogP contribution in [0.2, 0.25) is 0 Å². The summed E-state index contributed by atoms with van der Waals surface area (Å²) in [6, 6.07) is 3.72. The van der Waals surface area contributed by atoms with Gasteiger partial charge in [-0.2, -0.15) is 0 Å². The first-order chi connectivity index (χ1) is 7.31. The molecule has 0 aliphatic heterocycles. The lowest BCUT2D eigenvalue weighted by atomic mass is 10.4. The minimum atomic E-state index is 0.736. The second-order valence-electron chi connectivity index (χ2n) is 3.38. The molecule has 0 radical (unpaired) electrons. The van der Waals surface area contributed by atoms with Crippen LogP contribution in [-0.4, -0.2) is 20.4 Å². The van der Waals surface area contributed by atoms with Gasteiger partial charge in [-0.05, 0) is 18.6 Å². The van der Waals surface area contributed by atoms with Crippen molar-refractivity contribution >= 4 is 23.1 Å². The lowest BCUT2D eigenvalue weighted by Gasteiger charge is -1.99. The molecular formula is C10H14N4S. The maximum atomic E-state index is 5.72. The third-order valence-electron chi connectivity index (χ3n) is 2.12. The fraction of sp³-hybridized carbons (Fsp3) is 0.400. The van der Waals surface area contributed by atoms with Crippen molar-refractivity contribution in [2.45, 2.75) is 24.9 Å². The zero-order valence-electron chi connectivity index (χ0n) is 8.68. The van der Waals surface area contributed by atoms with Gasteiger partial charge < -0.3 is 5.73 Å². The summed E-state index contributed by atoms with van der Waals surface area (Å²) in [5, 5.41) is 9.13. The van der Waals surface area contributed by atoms with Crippen molar-refractivity contribution in [3.8, 4) is 0 Å². The first kappa shape index (κ1) is 10.3. The van der Waals surface area contributed by atoms with Crippen LogP contribution in [0.4, 0.5) is 5.69 Å². The van der Waals surface area contributed by atoms with Crippen LogP contribution in [0.1, 0.15) is 19.8 Å². The molecule has 0 spiro atoms. The number of unbranched alkanes of at least 4 members (excludes halogenated alkanes) is 1. The van der Waals surface area contributed by atoms with E-state index in [2.05, 4.69) is 17.1 Å². The fourth-order valence-corrected chi connectivity index (χ4v) is 2.29. The molecule has 0 aromatic carbocycles. The van der Waals surface area contributed by atoms with Crippen LogP contribution in [0.25, 0.3) is 5.65 Å². The van der Waals surface area contributed by atoms with Gasteiger partial charge in [0.15, 0.2) is 10.8 Å². The quantitative estimate of drug-likeness (QED) is 0.636. The van der Waals surface area contributed by atoms with E-state index in [1.807, 2.05) is 22.7 Å². The van der Waals surface area contributed by atoms with E-state index in [1.54, 1.807) is 11.8 Å². The summed E-state index contributed by atoms with van der Waals surface area (Å²) in [7, 11) is 0. The SMILES string of the molecule is CCCCSc1nnc2ccc(N)cn12. The third-order valence-corrected chi connectivity index (χ3v) is 3.15. The Balaban J connectivity index is 2.23. The second-order valence-corrected chi connectivity index (χ2v) is 4.44. The Morgan fingerprint density at radius 3 is 3.07 bits per heavy atom. The zero-order chi connectivity index (χ0) is 10.7. The van der Waals surface area contributed by atoms with Crippen LogP contribution in [-0.2, 0) is 0 Å². The number of nitrogens with two attached hydrogens (primary N) is 1. The summed E-state index contributed by atoms with van der Waals surface area (Å²) in [4.78, 5) is 0. The van der Waals surface area contributed by atoms with Crippen molar-refractivity contribution in [1.29, 1.82) is 0 Å². The van der Waals surface area contributed by atoms with Gasteiger partial charge in [-0.3, -0.25) is 4.40 Å². The maximum Gasteiger partial charge on any atom is 0.195 e. The normalized spacial score (nSPS) is 11.0. The standard InChI is InChI=1S/C10H14N4S/c1-2-3-6-15-10-13-12-9-5-4-8(11)7-14(9)10/h4-5,7H,2-3,6,11H2,1H3. The number of nitrogen functional groups attached to an aromatic ring is 1. The third kappa shape index (κ3) is 2.23. The van der Waals surface area contributed by atoms with Gasteiger partial charge in [0, 0.05) is 17.6 Å². The molecule has 0 aliphatic rings. The molecule has 0 aliphatic carbocycles. The van der Waals surface area contributed by atoms with E-state index in [4.69, 9.17) is 5.73 Å². The number of aromatic nitrogens is 3. The number of thioether (sulfide) groups is 1. The summed E-state index contributed by atoms with van der Waals surface area (Å²) < 4.78 is 1.94. The van der Waals surface area contributed by atoms with Gasteiger partial charge in [0.05, 0.1) is 0 Å². The highest BCUT2D eigenvalue weighted by molar-refractivity contribution is 7.99. The van der Waals surface area contributed by atoms with Crippen molar-refractivity contribution < 1.29 is 0 Å². The highest BCUT2D eigenvalue weighted by atomic mass is 32.2. The van der Waals surface area contributed by atoms with Crippen LogP contribution in [0, 0.1) is 0 Å². The van der Waals surface area contributed by atoms with Crippen molar-refractivity contribution in [1.82, 2.24) is 14.6 Å². The lowest BCUT2D eigenvalue weighted by molar-refractivity contribution is 0.880. The average molecular weight is 222 g/mol. The Morgan fingerprint density at radius 1 is 1.40 bits per heavy atom. The van der Waals surface area contributed by atoms with Crippen LogP contribution in [0.15, 0.2) is 23.5 Å². The number of nitrogens with zero attached hydrogens (tertiary/aromatic N) is 3. The summed E-state index contributed by atoms with van der Waals surface area (Å²) in [5.41, 5.74) is 7.31. The molecule has 2 rings (SSSR count). The second kappa shape index (κ2) is 4.53. The topological polar surface area (TPSA) is 56.2 Å². The summed E-state index contributed by atoms with van der Waals surface area (Å²) in [6.07, 6.45) is 4.26. The molecule has 2 N–H and O–H groups in total. The monoisotopic (exact) mass is 222 g/mol. The Morgan fingerprint density at radius 2 is 2.27 bits per heavy atom. The van der Waals surface area contributed by atoms with E-state index in [0.29, 0.717) is 0 Å². The van der Waals surface area contributed by atoms with E-state index in [1.165, 1.54) is 12.8 Å². The molecule has 2 aromatic rings. The van der Waals surface area contributed by atoms with Gasteiger partial charge in [0.2, 0.25) is 0 Å². The maximum absolute atomic E-state index is 5.72. The Hall–Kier alpha value is -1.23. The molecule has 0 unspecified atom stereocenters. The lowest BCUT2D eigenvalue weighted by Crippen LogP contribution is -1.92. The zero-order valence-corrected chi connectivity index (χ0v) is 9.50. The van der Waals surface area contributed by atoms with Gasteiger partial charge >= 0.3 is 0 Å². The Bertz CT molecular complexity index is 452. The first-order valence-electron chi connectivity index (χ1n) is 5.04. The molecule has 0 fully saturated rings. The van der Waals surface area contributed by atoms with Crippen LogP contribution in [0.3, 0.4) is 0 Å². The predicted molar refractivity (Wildman–Crippen MR) is 63.0 cm³/mol. The number of fused-ring (bicyclic) bond motifs is 1. The molecule has 0 atom stereocenters. The number of rotatable bonds is 4. The van der Waals surface area contributed by atoms with Crippen LogP contribution in [0.5, 0.6) is 0 Å². The molecule has 0 saturated carbocycles. The van der Waals surface area contributed by atoms with Gasteiger partial charge in [-0.15, -0.1) is 10.2 Å². The molecule has 5 heteroatoms. The van der Waals surface area contributed by atoms with E-state index < -0.39 is 0 Å². The molecular weight excluding hydrogens is 208 g/mol. The van der Waals surface area contributed by atoms with Crippen molar-refractivity contribution in [2.75, 3.05) is 11.5 Å². The van der Waals surface area contributed by atoms with Crippen molar-refractivity contribution in [2.24, 2.45) is 0 Å². The minimum Gasteiger partial charge on any atom is -0.398 e. The molecule has 80 valence electrons. The minimum absolute atomic E-state index is 0.736. The highest BCUT2D eigenvalue weighted by Gasteiger charge is 2.04. The molecule has 4 nitrogen and oxygen atoms in total. The number of hydrogen-bond donors (Lipinski definition) is 1. The van der Waals surface area contributed by atoms with E-state index in [-0.39, 0.29) is 0 Å². The van der Waals surface area contributed by atoms with Crippen molar-refractivity contribution in [3.05, 3.63) is 18.3 Å². The van der Waals surface area contributed by atoms with E-state index in [0.717, 1.165) is 22.2 Å². The highest BCUT2D eigenvalue weighted by Crippen LogP contribution is 2.19. The number of pyridine rings is 1. The molecule has 2 aromatic heterocycles. The van der Waals surface area contributed by atoms with Gasteiger partial charge in [-0.1, -0.05) is 25.1 Å². The molecule has 0 amide bonds. The summed E-state index contributed by atoms with van der Waals surface area (Å²) >= 11 is 1.72. The van der Waals surface area contributed by atoms with Gasteiger partial charge in [0.1, 0.15) is 0 Å². The Kier molecular flexibility index (Phi) is 3.11. The number of anilines is 1. The first-order valence-corrected chi connectivity index (χ1v) is 6.03.